The van der Waals surface area contributed by atoms with E-state index in [1.54, 1.807) is 6.07 Å². The summed E-state index contributed by atoms with van der Waals surface area (Å²) in [5.41, 5.74) is 0.185. The molecule has 1 spiro atoms. The SMILES string of the molecule is CS(=O)(=O)CC(=O)Nc1c2c(nn1-c1cc(F)cc(F)c1)C[C@]1(CCc3cc(OCC(F)(F)F)ccc31)NC2=O. The quantitative estimate of drug-likeness (QED) is 0.430. The average Bonchev–Trinajstić information content (AvgIpc) is 3.34. The van der Waals surface area contributed by atoms with Gasteiger partial charge in [-0.15, -0.1) is 0 Å². The molecule has 9 nitrogen and oxygen atoms in total. The highest BCUT2D eigenvalue weighted by molar-refractivity contribution is 7.91. The van der Waals surface area contributed by atoms with Crippen molar-refractivity contribution in [1.82, 2.24) is 15.1 Å². The standard InChI is InChI=1S/C25H21F5N4O5S/c1-40(37,38)11-20(35)31-22-21-19(33-34(22)16-8-14(26)7-15(27)9-16)10-24(32-23(21)36)5-4-13-6-17(2-3-18(13)24)39-12-25(28,29)30/h2-3,6-9H,4-5,10-12H2,1H3,(H,31,35)(H,32,36)/t24-/m0/s1. The molecule has 1 aliphatic heterocycles. The summed E-state index contributed by atoms with van der Waals surface area (Å²) in [5, 5.41) is 9.62. The zero-order valence-corrected chi connectivity index (χ0v) is 21.5. The zero-order chi connectivity index (χ0) is 29.0. The number of benzene rings is 2. The van der Waals surface area contributed by atoms with Crippen LogP contribution in [0.5, 0.6) is 5.75 Å². The number of amides is 2. The van der Waals surface area contributed by atoms with Gasteiger partial charge < -0.3 is 15.4 Å². The van der Waals surface area contributed by atoms with E-state index in [-0.39, 0.29) is 34.9 Å². The van der Waals surface area contributed by atoms with Gasteiger partial charge in [-0.1, -0.05) is 6.07 Å². The number of alkyl halides is 3. The summed E-state index contributed by atoms with van der Waals surface area (Å²) in [7, 11) is -3.75. The lowest BCUT2D eigenvalue weighted by molar-refractivity contribution is -0.153. The Balaban J connectivity index is 1.54. The van der Waals surface area contributed by atoms with Gasteiger partial charge in [0.15, 0.2) is 16.4 Å². The van der Waals surface area contributed by atoms with Gasteiger partial charge in [0.2, 0.25) is 5.91 Å². The van der Waals surface area contributed by atoms with Crippen LogP contribution in [0.2, 0.25) is 0 Å². The lowest BCUT2D eigenvalue weighted by Gasteiger charge is -2.35. The highest BCUT2D eigenvalue weighted by atomic mass is 32.2. The van der Waals surface area contributed by atoms with Crippen LogP contribution in [0.25, 0.3) is 5.69 Å². The van der Waals surface area contributed by atoms with Crippen molar-refractivity contribution in [2.75, 3.05) is 23.9 Å². The third kappa shape index (κ3) is 5.50. The largest absolute Gasteiger partial charge is 0.484 e. The summed E-state index contributed by atoms with van der Waals surface area (Å²) >= 11 is 0. The molecular formula is C25H21F5N4O5S. The number of fused-ring (bicyclic) bond motifs is 3. The molecule has 2 aliphatic rings. The molecule has 0 unspecified atom stereocenters. The van der Waals surface area contributed by atoms with Gasteiger partial charge in [0, 0.05) is 18.7 Å². The molecule has 2 aromatic carbocycles. The molecule has 0 fully saturated rings. The van der Waals surface area contributed by atoms with Crippen molar-refractivity contribution < 1.29 is 44.7 Å². The number of halogens is 5. The van der Waals surface area contributed by atoms with Gasteiger partial charge in [-0.3, -0.25) is 9.59 Å². The predicted octanol–water partition coefficient (Wildman–Crippen LogP) is 3.20. The zero-order valence-electron chi connectivity index (χ0n) is 20.7. The van der Waals surface area contributed by atoms with Gasteiger partial charge in [0.05, 0.1) is 16.9 Å². The van der Waals surface area contributed by atoms with E-state index in [1.807, 2.05) is 0 Å². The number of anilines is 1. The Morgan fingerprint density at radius 1 is 1.18 bits per heavy atom. The topological polar surface area (TPSA) is 119 Å². The maximum Gasteiger partial charge on any atom is 0.422 e. The van der Waals surface area contributed by atoms with Crippen LogP contribution in [0.3, 0.4) is 0 Å². The molecule has 212 valence electrons. The van der Waals surface area contributed by atoms with Gasteiger partial charge in [-0.2, -0.15) is 18.3 Å². The maximum absolute atomic E-state index is 14.0. The van der Waals surface area contributed by atoms with Crippen LogP contribution < -0.4 is 15.4 Å². The minimum Gasteiger partial charge on any atom is -0.484 e. The number of carbonyl (C=O) groups is 2. The van der Waals surface area contributed by atoms with Crippen molar-refractivity contribution in [3.05, 3.63) is 70.4 Å². The Labute approximate surface area is 224 Å². The third-order valence-electron chi connectivity index (χ3n) is 6.57. The van der Waals surface area contributed by atoms with Gasteiger partial charge >= 0.3 is 6.18 Å². The number of ether oxygens (including phenoxy) is 1. The number of sulfone groups is 1. The van der Waals surface area contributed by atoms with Crippen molar-refractivity contribution in [2.24, 2.45) is 0 Å². The molecule has 0 saturated carbocycles. The van der Waals surface area contributed by atoms with Crippen LogP contribution in [0.4, 0.5) is 27.8 Å². The summed E-state index contributed by atoms with van der Waals surface area (Å²) in [6.07, 6.45) is -2.82. The second-order valence-electron chi connectivity index (χ2n) is 9.76. The van der Waals surface area contributed by atoms with E-state index >= 15 is 0 Å². The summed E-state index contributed by atoms with van der Waals surface area (Å²) in [5.74, 6) is -4.75. The van der Waals surface area contributed by atoms with Gasteiger partial charge in [-0.05, 0) is 48.2 Å². The van der Waals surface area contributed by atoms with Crippen molar-refractivity contribution >= 4 is 27.5 Å². The lowest BCUT2D eigenvalue weighted by Crippen LogP contribution is -2.49. The molecule has 5 rings (SSSR count). The summed E-state index contributed by atoms with van der Waals surface area (Å²) in [6, 6.07) is 6.88. The smallest absolute Gasteiger partial charge is 0.422 e. The Kier molecular flexibility index (Phi) is 6.59. The van der Waals surface area contributed by atoms with Crippen molar-refractivity contribution in [1.29, 1.82) is 0 Å². The molecule has 1 aliphatic carbocycles. The van der Waals surface area contributed by atoms with Crippen LogP contribution in [-0.4, -0.2) is 54.8 Å². The van der Waals surface area contributed by atoms with E-state index in [9.17, 15) is 40.0 Å². The van der Waals surface area contributed by atoms with Crippen LogP contribution in [0, 0.1) is 11.6 Å². The van der Waals surface area contributed by atoms with E-state index in [0.29, 0.717) is 30.0 Å². The molecule has 0 radical (unpaired) electrons. The predicted molar refractivity (Wildman–Crippen MR) is 131 cm³/mol. The van der Waals surface area contributed by atoms with E-state index < -0.39 is 57.4 Å². The Morgan fingerprint density at radius 3 is 2.52 bits per heavy atom. The molecule has 3 aromatic rings. The number of rotatable bonds is 6. The second-order valence-corrected chi connectivity index (χ2v) is 11.9. The van der Waals surface area contributed by atoms with Crippen molar-refractivity contribution in [3.8, 4) is 11.4 Å². The van der Waals surface area contributed by atoms with Crippen LogP contribution in [0.15, 0.2) is 36.4 Å². The first-order valence-electron chi connectivity index (χ1n) is 11.8. The Morgan fingerprint density at radius 2 is 1.88 bits per heavy atom. The van der Waals surface area contributed by atoms with Gasteiger partial charge in [-0.25, -0.2) is 21.9 Å². The summed E-state index contributed by atoms with van der Waals surface area (Å²) in [6.45, 7) is -1.46. The van der Waals surface area contributed by atoms with E-state index in [1.165, 1.54) is 12.1 Å². The molecular weight excluding hydrogens is 563 g/mol. The minimum absolute atomic E-state index is 0.0178. The summed E-state index contributed by atoms with van der Waals surface area (Å²) < 4.78 is 94.9. The molecule has 15 heteroatoms. The molecule has 0 saturated heterocycles. The maximum atomic E-state index is 14.0. The number of nitrogens with zero attached hydrogens (tertiary/aromatic N) is 2. The van der Waals surface area contributed by atoms with E-state index in [2.05, 4.69) is 15.7 Å². The van der Waals surface area contributed by atoms with Crippen molar-refractivity contribution in [2.45, 2.75) is 31.0 Å². The van der Waals surface area contributed by atoms with Crippen molar-refractivity contribution in [3.63, 3.8) is 0 Å². The second kappa shape index (κ2) is 9.57. The minimum atomic E-state index is -4.51. The molecule has 1 aromatic heterocycles. The van der Waals surface area contributed by atoms with Gasteiger partial charge in [0.25, 0.3) is 5.91 Å². The highest BCUT2D eigenvalue weighted by Crippen LogP contribution is 2.44. The number of hydrogen-bond donors (Lipinski definition) is 2. The number of hydrogen-bond acceptors (Lipinski definition) is 6. The molecule has 0 bridgehead atoms. The Hall–Kier alpha value is -4.01. The number of aryl methyl sites for hydroxylation is 1. The average molecular weight is 585 g/mol. The number of carbonyl (C=O) groups excluding carboxylic acids is 2. The Bertz CT molecular complexity index is 1630. The number of nitrogens with one attached hydrogen (secondary N) is 2. The van der Waals surface area contributed by atoms with E-state index in [4.69, 9.17) is 4.74 Å². The van der Waals surface area contributed by atoms with Crippen LogP contribution >= 0.6 is 0 Å². The fourth-order valence-corrected chi connectivity index (χ4v) is 5.65. The first kappa shape index (κ1) is 27.6. The third-order valence-corrected chi connectivity index (χ3v) is 7.35. The van der Waals surface area contributed by atoms with Crippen LogP contribution in [-0.2, 0) is 33.0 Å². The molecule has 2 heterocycles. The first-order chi connectivity index (χ1) is 18.6. The first-order valence-corrected chi connectivity index (χ1v) is 13.9. The normalized spacial score (nSPS) is 18.3. The molecule has 2 amide bonds. The highest BCUT2D eigenvalue weighted by Gasteiger charge is 2.47. The van der Waals surface area contributed by atoms with Gasteiger partial charge in [0.1, 0.15) is 34.5 Å². The molecule has 1 atom stereocenters. The summed E-state index contributed by atoms with van der Waals surface area (Å²) in [4.78, 5) is 26.0. The van der Waals surface area contributed by atoms with E-state index in [0.717, 1.165) is 23.1 Å². The molecule has 2 N–H and O–H groups in total. The fourth-order valence-electron chi connectivity index (χ4n) is 5.10. The molecule has 40 heavy (non-hydrogen) atoms. The monoisotopic (exact) mass is 584 g/mol. The van der Waals surface area contributed by atoms with Crippen LogP contribution in [0.1, 0.15) is 33.6 Å². The lowest BCUT2D eigenvalue weighted by atomic mass is 9.82. The number of aromatic nitrogens is 2. The fraction of sp³-hybridized carbons (Fsp3) is 0.320.